The van der Waals surface area contributed by atoms with Gasteiger partial charge in [-0.25, -0.2) is 4.39 Å². The number of nitrogens with zero attached hydrogens (tertiary/aromatic N) is 2. The topological polar surface area (TPSA) is 17.8 Å². The quantitative estimate of drug-likeness (QED) is 0.690. The van der Waals surface area contributed by atoms with Crippen molar-refractivity contribution in [3.05, 3.63) is 29.7 Å². The first-order valence-electron chi connectivity index (χ1n) is 4.66. The minimum Gasteiger partial charge on any atom is -0.265 e. The Morgan fingerprint density at radius 2 is 2.00 bits per heavy atom. The molecule has 0 aliphatic heterocycles. The zero-order valence-electron chi connectivity index (χ0n) is 8.35. The Kier molecular flexibility index (Phi) is 2.36. The maximum Gasteiger partial charge on any atom is 0.435 e. The monoisotopic (exact) mass is 232 g/mol. The van der Waals surface area contributed by atoms with Crippen LogP contribution in [-0.2, 0) is 12.7 Å². The predicted molar refractivity (Wildman–Crippen MR) is 50.4 cm³/mol. The molecule has 1 aromatic heterocycles. The molecule has 0 saturated carbocycles. The van der Waals surface area contributed by atoms with Crippen LogP contribution >= 0.6 is 0 Å². The number of benzene rings is 1. The fourth-order valence-electron chi connectivity index (χ4n) is 1.60. The molecule has 0 amide bonds. The van der Waals surface area contributed by atoms with Crippen LogP contribution in [0.2, 0.25) is 0 Å². The van der Waals surface area contributed by atoms with Crippen LogP contribution in [0.25, 0.3) is 10.9 Å². The fraction of sp³-hybridized carbons (Fsp3) is 0.300. The molecule has 0 atom stereocenters. The number of aryl methyl sites for hydroxylation is 1. The van der Waals surface area contributed by atoms with Gasteiger partial charge in [0.15, 0.2) is 5.69 Å². The molecule has 16 heavy (non-hydrogen) atoms. The molecule has 0 unspecified atom stereocenters. The molecule has 6 heteroatoms. The standard InChI is InChI=1S/C10H8F4N2/c1-2-16-8-4-3-6(11)5-7(8)9(15-16)10(12,13)14/h3-5H,2H2,1H3. The van der Waals surface area contributed by atoms with E-state index in [0.717, 1.165) is 12.1 Å². The highest BCUT2D eigenvalue weighted by Gasteiger charge is 2.36. The summed E-state index contributed by atoms with van der Waals surface area (Å²) in [6.07, 6.45) is -4.56. The normalized spacial score (nSPS) is 12.3. The summed E-state index contributed by atoms with van der Waals surface area (Å²) in [6, 6.07) is 3.28. The van der Waals surface area contributed by atoms with Gasteiger partial charge in [-0.05, 0) is 25.1 Å². The largest absolute Gasteiger partial charge is 0.435 e. The molecule has 2 rings (SSSR count). The second-order valence-electron chi connectivity index (χ2n) is 3.32. The smallest absolute Gasteiger partial charge is 0.265 e. The molecule has 0 fully saturated rings. The summed E-state index contributed by atoms with van der Waals surface area (Å²) >= 11 is 0. The lowest BCUT2D eigenvalue weighted by molar-refractivity contribution is -0.140. The molecule has 0 radical (unpaired) electrons. The summed E-state index contributed by atoms with van der Waals surface area (Å²) in [4.78, 5) is 0. The van der Waals surface area contributed by atoms with Crippen molar-refractivity contribution in [3.8, 4) is 0 Å². The Hall–Kier alpha value is -1.59. The van der Waals surface area contributed by atoms with Crippen molar-refractivity contribution in [1.82, 2.24) is 9.78 Å². The number of aromatic nitrogens is 2. The molecule has 1 heterocycles. The van der Waals surface area contributed by atoms with E-state index < -0.39 is 17.7 Å². The molecule has 1 aromatic carbocycles. The number of fused-ring (bicyclic) bond motifs is 1. The van der Waals surface area contributed by atoms with Crippen molar-refractivity contribution < 1.29 is 17.6 Å². The van der Waals surface area contributed by atoms with E-state index in [1.165, 1.54) is 10.7 Å². The molecule has 0 aliphatic rings. The van der Waals surface area contributed by atoms with Crippen molar-refractivity contribution in [2.24, 2.45) is 0 Å². The van der Waals surface area contributed by atoms with Crippen LogP contribution in [0.5, 0.6) is 0 Å². The van der Waals surface area contributed by atoms with Crippen LogP contribution in [0, 0.1) is 5.82 Å². The SMILES string of the molecule is CCn1nc(C(F)(F)F)c2cc(F)ccc21. The van der Waals surface area contributed by atoms with Crippen LogP contribution < -0.4 is 0 Å². The average molecular weight is 232 g/mol. The number of alkyl halides is 3. The molecule has 0 spiro atoms. The number of rotatable bonds is 1. The predicted octanol–water partition coefficient (Wildman–Crippen LogP) is 3.21. The second-order valence-corrected chi connectivity index (χ2v) is 3.32. The molecule has 0 saturated heterocycles. The lowest BCUT2D eigenvalue weighted by atomic mass is 10.2. The van der Waals surface area contributed by atoms with E-state index in [9.17, 15) is 17.6 Å². The Balaban J connectivity index is 2.79. The minimum atomic E-state index is -4.56. The van der Waals surface area contributed by atoms with Gasteiger partial charge in [-0.2, -0.15) is 18.3 Å². The lowest BCUT2D eigenvalue weighted by Crippen LogP contribution is -2.07. The van der Waals surface area contributed by atoms with Gasteiger partial charge in [-0.1, -0.05) is 0 Å². The molecule has 0 N–H and O–H groups in total. The summed E-state index contributed by atoms with van der Waals surface area (Å²) in [5, 5.41) is 3.25. The van der Waals surface area contributed by atoms with Crippen molar-refractivity contribution in [1.29, 1.82) is 0 Å². The first-order valence-corrected chi connectivity index (χ1v) is 4.66. The summed E-state index contributed by atoms with van der Waals surface area (Å²) in [5.74, 6) is -0.700. The number of halogens is 4. The van der Waals surface area contributed by atoms with Gasteiger partial charge in [-0.15, -0.1) is 0 Å². The first-order chi connectivity index (χ1) is 7.43. The van der Waals surface area contributed by atoms with Gasteiger partial charge < -0.3 is 0 Å². The van der Waals surface area contributed by atoms with Gasteiger partial charge in [0, 0.05) is 11.9 Å². The molecule has 2 nitrogen and oxygen atoms in total. The van der Waals surface area contributed by atoms with E-state index in [1.807, 2.05) is 0 Å². The summed E-state index contributed by atoms with van der Waals surface area (Å²) < 4.78 is 51.9. The number of hydrogen-bond donors (Lipinski definition) is 0. The zero-order chi connectivity index (χ0) is 11.9. The Bertz CT molecular complexity index is 527. The third-order valence-electron chi connectivity index (χ3n) is 2.28. The average Bonchev–Trinajstić information content (AvgIpc) is 2.54. The summed E-state index contributed by atoms with van der Waals surface area (Å²) in [7, 11) is 0. The fourth-order valence-corrected chi connectivity index (χ4v) is 1.60. The number of hydrogen-bond acceptors (Lipinski definition) is 1. The van der Waals surface area contributed by atoms with Gasteiger partial charge in [0.25, 0.3) is 0 Å². The third kappa shape index (κ3) is 1.64. The van der Waals surface area contributed by atoms with Crippen molar-refractivity contribution in [2.75, 3.05) is 0 Å². The second kappa shape index (κ2) is 3.47. The van der Waals surface area contributed by atoms with Crippen LogP contribution in [0.15, 0.2) is 18.2 Å². The van der Waals surface area contributed by atoms with Gasteiger partial charge in [0.1, 0.15) is 5.82 Å². The zero-order valence-corrected chi connectivity index (χ0v) is 8.35. The maximum atomic E-state index is 12.9. The highest BCUT2D eigenvalue weighted by Crippen LogP contribution is 2.34. The van der Waals surface area contributed by atoms with Crippen LogP contribution in [0.1, 0.15) is 12.6 Å². The van der Waals surface area contributed by atoms with Gasteiger partial charge >= 0.3 is 6.18 Å². The Morgan fingerprint density at radius 1 is 1.31 bits per heavy atom. The van der Waals surface area contributed by atoms with E-state index in [2.05, 4.69) is 5.10 Å². The Labute approximate surface area is 88.5 Å². The summed E-state index contributed by atoms with van der Waals surface area (Å²) in [5.41, 5.74) is -0.750. The van der Waals surface area contributed by atoms with Crippen LogP contribution in [0.4, 0.5) is 17.6 Å². The Morgan fingerprint density at radius 3 is 2.56 bits per heavy atom. The van der Waals surface area contributed by atoms with Crippen LogP contribution in [0.3, 0.4) is 0 Å². The van der Waals surface area contributed by atoms with E-state index in [0.29, 0.717) is 6.54 Å². The van der Waals surface area contributed by atoms with Crippen molar-refractivity contribution >= 4 is 10.9 Å². The molecule has 86 valence electrons. The highest BCUT2D eigenvalue weighted by atomic mass is 19.4. The van der Waals surface area contributed by atoms with Gasteiger partial charge in [0.2, 0.25) is 0 Å². The van der Waals surface area contributed by atoms with E-state index in [1.54, 1.807) is 6.92 Å². The van der Waals surface area contributed by atoms with Crippen molar-refractivity contribution in [3.63, 3.8) is 0 Å². The van der Waals surface area contributed by atoms with Crippen molar-refractivity contribution in [2.45, 2.75) is 19.6 Å². The minimum absolute atomic E-state index is 0.200. The van der Waals surface area contributed by atoms with E-state index in [-0.39, 0.29) is 10.9 Å². The first kappa shape index (κ1) is 10.9. The highest BCUT2D eigenvalue weighted by molar-refractivity contribution is 5.82. The van der Waals surface area contributed by atoms with Gasteiger partial charge in [0.05, 0.1) is 5.52 Å². The third-order valence-corrected chi connectivity index (χ3v) is 2.28. The molecular formula is C10H8F4N2. The molecule has 0 aliphatic carbocycles. The van der Waals surface area contributed by atoms with Gasteiger partial charge in [-0.3, -0.25) is 4.68 Å². The molecular weight excluding hydrogens is 224 g/mol. The summed E-state index contributed by atoms with van der Waals surface area (Å²) in [6.45, 7) is 1.98. The maximum absolute atomic E-state index is 12.9. The molecule has 0 bridgehead atoms. The lowest BCUT2D eigenvalue weighted by Gasteiger charge is -2.01. The molecule has 2 aromatic rings. The van der Waals surface area contributed by atoms with Crippen LogP contribution in [-0.4, -0.2) is 9.78 Å². The van der Waals surface area contributed by atoms with E-state index >= 15 is 0 Å². The van der Waals surface area contributed by atoms with E-state index in [4.69, 9.17) is 0 Å².